The van der Waals surface area contributed by atoms with Crippen molar-refractivity contribution in [2.75, 3.05) is 49.1 Å². The lowest BCUT2D eigenvalue weighted by Gasteiger charge is -2.20. The van der Waals surface area contributed by atoms with E-state index in [0.717, 1.165) is 31.5 Å². The van der Waals surface area contributed by atoms with Gasteiger partial charge in [0.15, 0.2) is 17.3 Å². The first kappa shape index (κ1) is 18.1. The van der Waals surface area contributed by atoms with E-state index >= 15 is 0 Å². The number of carbonyl (C=O) groups is 1. The molecule has 0 saturated carbocycles. The summed E-state index contributed by atoms with van der Waals surface area (Å²) in [6, 6.07) is 5.54. The number of nitrogens with zero attached hydrogens (tertiary/aromatic N) is 4. The average Bonchev–Trinajstić information content (AvgIpc) is 3.38. The van der Waals surface area contributed by atoms with Crippen LogP contribution < -0.4 is 24.6 Å². The van der Waals surface area contributed by atoms with Gasteiger partial charge in [-0.15, -0.1) is 0 Å². The van der Waals surface area contributed by atoms with Crippen LogP contribution in [-0.4, -0.2) is 49.9 Å². The van der Waals surface area contributed by atoms with Crippen molar-refractivity contribution in [3.8, 4) is 11.5 Å². The summed E-state index contributed by atoms with van der Waals surface area (Å²) in [7, 11) is 3.79. The van der Waals surface area contributed by atoms with Gasteiger partial charge in [0.05, 0.1) is 6.20 Å². The van der Waals surface area contributed by atoms with Gasteiger partial charge in [0.25, 0.3) is 0 Å². The third kappa shape index (κ3) is 3.85. The molecule has 1 amide bonds. The Balaban J connectivity index is 1.47. The van der Waals surface area contributed by atoms with Crippen LogP contribution in [0.25, 0.3) is 6.08 Å². The first-order valence-corrected chi connectivity index (χ1v) is 9.28. The van der Waals surface area contributed by atoms with E-state index in [1.807, 2.05) is 37.2 Å². The van der Waals surface area contributed by atoms with Gasteiger partial charge in [0.1, 0.15) is 5.69 Å². The molecule has 1 aromatic carbocycles. The first-order valence-electron chi connectivity index (χ1n) is 9.28. The normalized spacial score (nSPS) is 15.3. The predicted molar refractivity (Wildman–Crippen MR) is 108 cm³/mol. The number of amides is 1. The Morgan fingerprint density at radius 2 is 2.00 bits per heavy atom. The molecule has 1 aromatic heterocycles. The van der Waals surface area contributed by atoms with E-state index in [0.29, 0.717) is 29.0 Å². The minimum atomic E-state index is -0.252. The monoisotopic (exact) mass is 381 g/mol. The maximum Gasteiger partial charge on any atom is 0.248 e. The predicted octanol–water partition coefficient (Wildman–Crippen LogP) is 2.52. The van der Waals surface area contributed by atoms with Crippen LogP contribution in [0.2, 0.25) is 0 Å². The molecule has 28 heavy (non-hydrogen) atoms. The molecule has 2 aromatic rings. The van der Waals surface area contributed by atoms with Crippen LogP contribution in [0.1, 0.15) is 18.4 Å². The molecular formula is C20H23N5O3. The molecule has 8 heteroatoms. The minimum Gasteiger partial charge on any atom is -0.454 e. The zero-order valence-corrected chi connectivity index (χ0v) is 16.0. The molecule has 0 aliphatic carbocycles. The molecule has 1 saturated heterocycles. The molecule has 0 unspecified atom stereocenters. The molecular weight excluding hydrogens is 358 g/mol. The maximum atomic E-state index is 12.4. The van der Waals surface area contributed by atoms with E-state index in [4.69, 9.17) is 9.47 Å². The van der Waals surface area contributed by atoms with Crippen molar-refractivity contribution >= 4 is 29.4 Å². The highest BCUT2D eigenvalue weighted by Gasteiger charge is 2.18. The van der Waals surface area contributed by atoms with E-state index in [-0.39, 0.29) is 12.7 Å². The molecule has 2 aliphatic rings. The number of hydrogen-bond acceptors (Lipinski definition) is 7. The van der Waals surface area contributed by atoms with Gasteiger partial charge < -0.3 is 24.6 Å². The fourth-order valence-corrected chi connectivity index (χ4v) is 3.23. The summed E-state index contributed by atoms with van der Waals surface area (Å²) < 4.78 is 10.6. The van der Waals surface area contributed by atoms with Crippen LogP contribution in [0.5, 0.6) is 11.5 Å². The maximum absolute atomic E-state index is 12.4. The van der Waals surface area contributed by atoms with Gasteiger partial charge in [-0.2, -0.15) is 4.98 Å². The van der Waals surface area contributed by atoms with Crippen LogP contribution >= 0.6 is 0 Å². The Kier molecular flexibility index (Phi) is 5.01. The smallest absolute Gasteiger partial charge is 0.248 e. The van der Waals surface area contributed by atoms with Gasteiger partial charge in [-0.05, 0) is 36.6 Å². The Bertz CT molecular complexity index is 907. The first-order chi connectivity index (χ1) is 13.6. The second kappa shape index (κ2) is 7.75. The van der Waals surface area contributed by atoms with Crippen molar-refractivity contribution in [1.82, 2.24) is 9.97 Å². The number of fused-ring (bicyclic) bond motifs is 1. The highest BCUT2D eigenvalue weighted by molar-refractivity contribution is 6.03. The fraction of sp³-hybridized carbons (Fsp3) is 0.350. The lowest BCUT2D eigenvalue weighted by atomic mass is 10.2. The molecule has 4 rings (SSSR count). The van der Waals surface area contributed by atoms with E-state index in [9.17, 15) is 4.79 Å². The summed E-state index contributed by atoms with van der Waals surface area (Å²) >= 11 is 0. The van der Waals surface area contributed by atoms with Gasteiger partial charge in [-0.25, -0.2) is 4.98 Å². The number of ether oxygens (including phenoxy) is 2. The van der Waals surface area contributed by atoms with Gasteiger partial charge in [0, 0.05) is 33.3 Å². The molecule has 1 fully saturated rings. The van der Waals surface area contributed by atoms with E-state index in [1.165, 1.54) is 6.08 Å². The van der Waals surface area contributed by atoms with Crippen molar-refractivity contribution in [2.24, 2.45) is 0 Å². The summed E-state index contributed by atoms with van der Waals surface area (Å²) in [4.78, 5) is 25.5. The molecule has 1 N–H and O–H groups in total. The van der Waals surface area contributed by atoms with Crippen LogP contribution in [0.3, 0.4) is 0 Å². The summed E-state index contributed by atoms with van der Waals surface area (Å²) in [6.07, 6.45) is 7.19. The van der Waals surface area contributed by atoms with E-state index < -0.39 is 0 Å². The Morgan fingerprint density at radius 3 is 2.79 bits per heavy atom. The number of anilines is 3. The van der Waals surface area contributed by atoms with Crippen LogP contribution in [0.15, 0.2) is 30.5 Å². The van der Waals surface area contributed by atoms with Gasteiger partial charge >= 0.3 is 0 Å². The Morgan fingerprint density at radius 1 is 1.21 bits per heavy atom. The third-order valence-corrected chi connectivity index (χ3v) is 4.65. The summed E-state index contributed by atoms with van der Waals surface area (Å²) in [5.41, 5.74) is 1.43. The van der Waals surface area contributed by atoms with Gasteiger partial charge in [-0.1, -0.05) is 6.07 Å². The van der Waals surface area contributed by atoms with Gasteiger partial charge in [0.2, 0.25) is 18.6 Å². The number of nitrogens with one attached hydrogen (secondary N) is 1. The zero-order valence-electron chi connectivity index (χ0n) is 16.0. The lowest BCUT2D eigenvalue weighted by Crippen LogP contribution is -2.23. The van der Waals surface area contributed by atoms with Crippen molar-refractivity contribution < 1.29 is 14.3 Å². The van der Waals surface area contributed by atoms with Crippen LogP contribution in [-0.2, 0) is 4.79 Å². The SMILES string of the molecule is CN(C)c1nc(N2CCCC2)ncc1NC(=O)/C=C/c1ccc2c(c1)OCO2. The van der Waals surface area contributed by atoms with Crippen LogP contribution in [0.4, 0.5) is 17.5 Å². The molecule has 0 spiro atoms. The van der Waals surface area contributed by atoms with E-state index in [1.54, 1.807) is 12.3 Å². The molecule has 3 heterocycles. The summed E-state index contributed by atoms with van der Waals surface area (Å²) in [6.45, 7) is 2.16. The summed E-state index contributed by atoms with van der Waals surface area (Å²) in [5, 5.41) is 2.87. The third-order valence-electron chi connectivity index (χ3n) is 4.65. The quantitative estimate of drug-likeness (QED) is 0.797. The zero-order chi connectivity index (χ0) is 19.5. The fourth-order valence-electron chi connectivity index (χ4n) is 3.23. The molecule has 2 aliphatic heterocycles. The second-order valence-electron chi connectivity index (χ2n) is 6.93. The van der Waals surface area contributed by atoms with Crippen molar-refractivity contribution in [3.05, 3.63) is 36.0 Å². The standard InChI is InChI=1S/C20H23N5O3/c1-24(2)19-15(12-21-20(23-19)25-9-3-4-10-25)22-18(26)8-6-14-5-7-16-17(11-14)28-13-27-16/h5-8,11-12H,3-4,9-10,13H2,1-2H3,(H,22,26)/b8-6+. The van der Waals surface area contributed by atoms with E-state index in [2.05, 4.69) is 20.2 Å². The molecule has 0 atom stereocenters. The number of hydrogen-bond donors (Lipinski definition) is 1. The average molecular weight is 381 g/mol. The lowest BCUT2D eigenvalue weighted by molar-refractivity contribution is -0.111. The number of rotatable bonds is 5. The van der Waals surface area contributed by atoms with Crippen LogP contribution in [0, 0.1) is 0 Å². The number of aromatic nitrogens is 2. The topological polar surface area (TPSA) is 79.8 Å². The molecule has 0 radical (unpaired) electrons. The minimum absolute atomic E-state index is 0.226. The van der Waals surface area contributed by atoms with Crippen molar-refractivity contribution in [1.29, 1.82) is 0 Å². The second-order valence-corrected chi connectivity index (χ2v) is 6.93. The molecule has 146 valence electrons. The Labute approximate surface area is 163 Å². The highest BCUT2D eigenvalue weighted by atomic mass is 16.7. The molecule has 8 nitrogen and oxygen atoms in total. The van der Waals surface area contributed by atoms with Crippen molar-refractivity contribution in [3.63, 3.8) is 0 Å². The largest absolute Gasteiger partial charge is 0.454 e. The Hall–Kier alpha value is -3.29. The molecule has 0 bridgehead atoms. The van der Waals surface area contributed by atoms with Crippen molar-refractivity contribution in [2.45, 2.75) is 12.8 Å². The highest BCUT2D eigenvalue weighted by Crippen LogP contribution is 2.32. The summed E-state index contributed by atoms with van der Waals surface area (Å²) in [5.74, 6) is 2.53. The number of benzene rings is 1. The number of carbonyl (C=O) groups excluding carboxylic acids is 1. The van der Waals surface area contributed by atoms with Gasteiger partial charge in [-0.3, -0.25) is 4.79 Å².